The number of hydrogen-bond donors (Lipinski definition) is 20. The first-order valence-electron chi connectivity index (χ1n) is 44.6. The molecule has 8 rings (SSSR count). The number of aryl methyl sites for hydroxylation is 1. The molecule has 15 atom stereocenters. The van der Waals surface area contributed by atoms with E-state index in [1.54, 1.807) is 106 Å². The van der Waals surface area contributed by atoms with E-state index in [9.17, 15) is 58.2 Å². The molecule has 3 fully saturated rings. The molecule has 132 heavy (non-hydrogen) atoms. The van der Waals surface area contributed by atoms with Gasteiger partial charge in [0, 0.05) is 113 Å². The average molecular weight is 1860 g/mol. The number of primary amides is 2. The molecule has 3 aliphatic heterocycles. The molecule has 5 aromatic rings. The van der Waals surface area contributed by atoms with E-state index in [1.165, 1.54) is 28.1 Å². The molecule has 0 radical (unpaired) electrons. The van der Waals surface area contributed by atoms with Gasteiger partial charge in [0.25, 0.3) is 0 Å². The third kappa shape index (κ3) is 29.1. The van der Waals surface area contributed by atoms with E-state index in [2.05, 4.69) is 68.5 Å². The van der Waals surface area contributed by atoms with Crippen LogP contribution in [-0.2, 0) is 101 Å². The molecule has 24 N–H and O–H groups in total. The summed E-state index contributed by atoms with van der Waals surface area (Å²) in [6.45, 7) is 7.30. The van der Waals surface area contributed by atoms with Crippen LogP contribution in [0.1, 0.15) is 140 Å². The Morgan fingerprint density at radius 1 is 0.553 bits per heavy atom. The predicted octanol–water partition coefficient (Wildman–Crippen LogP) is -3.33. The first kappa shape index (κ1) is 105. The van der Waals surface area contributed by atoms with Gasteiger partial charge in [-0.15, -0.1) is 11.8 Å². The minimum absolute atomic E-state index is 0.00355. The average Bonchev–Trinajstić information content (AvgIpc) is 1.17. The highest BCUT2D eigenvalue weighted by Gasteiger charge is 2.47. The zero-order chi connectivity index (χ0) is 96.9. The standard InChI is InChI=1S/C89H129N23O19S/c1-10-12-28-68-81(124)100-59(27-19-31-95-89(93)94)77(120)107-67(76(119)98-43-73(92)116)46-132-47-74(117)99-62(35-51-22-18-21-49(5)34-51)84(127)108(7)50(6)75(118)102-64(39-72(91)115)86(129)111-32-20-30-69(111)82(125)105-65(40-90)79(122)103-61(33-48(3)4)87(130)112-44-54(114)38-71(112)83(126)101-60(36-52-41-96-57-25-16-14-23-55(52)57)78(121)106-66(45-113)80(123)104-63(37-53-42-97-58-26-17-15-24-56(53)58)85(128)110(9)70(29-13-11-2)88(131)109(68)8/h14-18,21-26,34,41-42,48,50,54,59-71,96-97,113-114H,10-13,19-20,27-33,35-40,43-47,90H2,1-9H3,(H2,91,115)(H2,92,116)(H,98,119)(H,99,117)(H,100,124)(H,101,126)(H,102,118)(H,103,122)(H,104,123)(H,105,125)(H,106,121)(H,107,120)(H4,93,94,95)/t50-,54+,59-,60-,61-,62-,63-,64-,65-,66-,67-,68-,69-,70-,71?/m0/s1. The summed E-state index contributed by atoms with van der Waals surface area (Å²) in [5.74, 6) is -17.6. The molecule has 3 aromatic carbocycles. The number of carbonyl (C=O) groups is 17. The first-order chi connectivity index (χ1) is 62.8. The number of unbranched alkanes of at least 4 members (excludes halogenated alkanes) is 2. The van der Waals surface area contributed by atoms with Gasteiger partial charge in [-0.2, -0.15) is 0 Å². The number of likely N-dealkylation sites (N-methyl/N-ethyl adjacent to an activating group) is 3. The van der Waals surface area contributed by atoms with Gasteiger partial charge in [0.15, 0.2) is 5.96 Å². The summed E-state index contributed by atoms with van der Waals surface area (Å²) in [7, 11) is 3.95. The van der Waals surface area contributed by atoms with E-state index >= 15 is 33.6 Å². The number of guanidine groups is 1. The normalized spacial score (nSPS) is 25.1. The molecule has 0 aliphatic carbocycles. The van der Waals surface area contributed by atoms with Crippen LogP contribution in [0.25, 0.3) is 21.8 Å². The summed E-state index contributed by atoms with van der Waals surface area (Å²) in [4.78, 5) is 261. The highest BCUT2D eigenvalue weighted by Crippen LogP contribution is 2.28. The Balaban J connectivity index is 1.19. The molecule has 0 saturated carbocycles. The number of nitrogens with zero attached hydrogens (tertiary/aromatic N) is 5. The number of carbonyl (C=O) groups excluding carboxylic acids is 17. The summed E-state index contributed by atoms with van der Waals surface area (Å²) in [5, 5.41) is 60.6. The summed E-state index contributed by atoms with van der Waals surface area (Å²) in [5.41, 5.74) is 26.6. The van der Waals surface area contributed by atoms with Gasteiger partial charge >= 0.3 is 0 Å². The highest BCUT2D eigenvalue weighted by atomic mass is 32.2. The molecule has 2 aromatic heterocycles. The zero-order valence-electron chi connectivity index (χ0n) is 76.1. The fourth-order valence-electron chi connectivity index (χ4n) is 16.4. The van der Waals surface area contributed by atoms with E-state index in [-0.39, 0.29) is 89.6 Å². The van der Waals surface area contributed by atoms with Crippen LogP contribution in [0.3, 0.4) is 0 Å². The quantitative estimate of drug-likeness (QED) is 0.0154. The topological polar surface area (TPSA) is 639 Å². The molecule has 0 bridgehead atoms. The molecule has 43 heteroatoms. The van der Waals surface area contributed by atoms with Crippen molar-refractivity contribution in [3.8, 4) is 0 Å². The minimum atomic E-state index is -1.89. The van der Waals surface area contributed by atoms with E-state index in [0.29, 0.717) is 64.2 Å². The van der Waals surface area contributed by atoms with Gasteiger partial charge in [0.2, 0.25) is 100 Å². The smallest absolute Gasteiger partial charge is 0.246 e. The first-order valence-corrected chi connectivity index (χ1v) is 45.7. The van der Waals surface area contributed by atoms with Gasteiger partial charge in [-0.25, -0.2) is 0 Å². The lowest BCUT2D eigenvalue weighted by Gasteiger charge is -2.36. The lowest BCUT2D eigenvalue weighted by molar-refractivity contribution is -0.149. The maximum Gasteiger partial charge on any atom is 0.246 e. The number of amides is 17. The number of thioether (sulfide) groups is 1. The van der Waals surface area contributed by atoms with Gasteiger partial charge < -0.3 is 126 Å². The summed E-state index contributed by atoms with van der Waals surface area (Å²) >= 11 is 0.792. The van der Waals surface area contributed by atoms with Crippen LogP contribution in [0.2, 0.25) is 0 Å². The summed E-state index contributed by atoms with van der Waals surface area (Å²) in [6.07, 6.45) is 1.54. The van der Waals surface area contributed by atoms with Crippen LogP contribution in [0.4, 0.5) is 0 Å². The Morgan fingerprint density at radius 3 is 1.70 bits per heavy atom. The second kappa shape index (κ2) is 50.0. The Morgan fingerprint density at radius 2 is 1.09 bits per heavy atom. The highest BCUT2D eigenvalue weighted by molar-refractivity contribution is 8.00. The third-order valence-electron chi connectivity index (χ3n) is 23.7. The Kier molecular flexibility index (Phi) is 39.6. The van der Waals surface area contributed by atoms with Gasteiger partial charge in [0.05, 0.1) is 31.4 Å². The van der Waals surface area contributed by atoms with Gasteiger partial charge in [0.1, 0.15) is 84.6 Å². The number of nitrogens with two attached hydrogens (primary N) is 4. The van der Waals surface area contributed by atoms with Crippen molar-refractivity contribution in [3.05, 3.63) is 107 Å². The van der Waals surface area contributed by atoms with Crippen LogP contribution in [0.5, 0.6) is 0 Å². The van der Waals surface area contributed by atoms with Crippen molar-refractivity contribution in [1.29, 1.82) is 5.41 Å². The number of para-hydroxylation sites is 2. The predicted molar refractivity (Wildman–Crippen MR) is 490 cm³/mol. The Hall–Kier alpha value is -12.8. The molecule has 720 valence electrons. The number of aromatic nitrogens is 2. The van der Waals surface area contributed by atoms with Crippen molar-refractivity contribution in [2.45, 2.75) is 235 Å². The fourth-order valence-corrected chi connectivity index (χ4v) is 17.3. The number of hydrogen-bond acceptors (Lipinski definition) is 22. The largest absolute Gasteiger partial charge is 0.394 e. The molecular weight excluding hydrogens is 1730 g/mol. The van der Waals surface area contributed by atoms with Crippen molar-refractivity contribution in [1.82, 2.24) is 93.0 Å². The SMILES string of the molecule is CCCC[C@H]1C(=O)N(C)[C@@H](CCCC)C(=O)N[C@@H](CCCNC(=N)N)C(=O)N[C@H](C(=O)NCC(N)=O)CSCC(=O)N[C@@H](Cc2cccc(C)c2)C(=O)N(C)[C@@H](C)C(=O)N[C@@H](CC(N)=O)C(=O)N2CCC[C@H]2C(=O)N[C@@H](CN)C(=O)N[C@@H](CC(C)C)C(=O)N2C[C@H](O)CC2C(=O)N[C@@H](Cc2c[nH]c3ccccc23)C(=O)N[C@@H](CO)C(=O)N[C@@H](Cc2c[nH]c3ccccc23)C(=O)N1C. The van der Waals surface area contributed by atoms with Crippen LogP contribution < -0.4 is 81.4 Å². The van der Waals surface area contributed by atoms with Crippen molar-refractivity contribution in [2.24, 2.45) is 28.9 Å². The van der Waals surface area contributed by atoms with E-state index in [4.69, 9.17) is 28.3 Å². The van der Waals surface area contributed by atoms with Gasteiger partial charge in [-0.05, 0) is 93.5 Å². The van der Waals surface area contributed by atoms with E-state index in [1.807, 2.05) is 13.8 Å². The van der Waals surface area contributed by atoms with Crippen LogP contribution in [0.15, 0.2) is 85.2 Å². The van der Waals surface area contributed by atoms with Crippen LogP contribution in [0, 0.1) is 18.3 Å². The molecule has 17 amide bonds. The zero-order valence-corrected chi connectivity index (χ0v) is 76.9. The second-order valence-electron chi connectivity index (χ2n) is 34.3. The van der Waals surface area contributed by atoms with Gasteiger partial charge in [-0.3, -0.25) is 86.9 Å². The van der Waals surface area contributed by atoms with Crippen LogP contribution >= 0.6 is 11.8 Å². The Bertz CT molecular complexity index is 4970. The number of rotatable bonds is 25. The van der Waals surface area contributed by atoms with Crippen molar-refractivity contribution in [3.63, 3.8) is 0 Å². The lowest BCUT2D eigenvalue weighted by atomic mass is 10.00. The van der Waals surface area contributed by atoms with E-state index in [0.717, 1.165) is 41.8 Å². The Labute approximate surface area is 769 Å². The monoisotopic (exact) mass is 1860 g/mol. The molecule has 3 saturated heterocycles. The molecular formula is C89H129N23O19S. The molecule has 42 nitrogen and oxygen atoms in total. The van der Waals surface area contributed by atoms with Crippen molar-refractivity contribution < 1.29 is 91.7 Å². The summed E-state index contributed by atoms with van der Waals surface area (Å²) in [6, 6.07) is -0.606. The number of aliphatic hydroxyl groups is 2. The van der Waals surface area contributed by atoms with Crippen LogP contribution in [-0.4, -0.2) is 314 Å². The summed E-state index contributed by atoms with van der Waals surface area (Å²) < 4.78 is 0. The van der Waals surface area contributed by atoms with Gasteiger partial charge in [-0.1, -0.05) is 120 Å². The molecule has 0 spiro atoms. The number of aromatic amines is 2. The molecule has 3 aliphatic rings. The second-order valence-corrected chi connectivity index (χ2v) is 35.3. The maximum atomic E-state index is 15.7. The molecule has 5 heterocycles. The molecule has 1 unspecified atom stereocenters. The van der Waals surface area contributed by atoms with Crippen molar-refractivity contribution >= 4 is 140 Å². The number of nitrogens with one attached hydrogen (secondary N) is 14. The van der Waals surface area contributed by atoms with Crippen molar-refractivity contribution in [2.75, 3.05) is 72.0 Å². The maximum absolute atomic E-state index is 15.7. The van der Waals surface area contributed by atoms with E-state index < -0.39 is 241 Å². The number of benzene rings is 3. The number of H-pyrrole nitrogens is 2. The fraction of sp³-hybridized carbons (Fsp3) is 0.551. The lowest BCUT2D eigenvalue weighted by Crippen LogP contribution is -2.62. The number of fused-ring (bicyclic) bond motifs is 4. The number of aliphatic hydroxyl groups excluding tert-OH is 2. The third-order valence-corrected chi connectivity index (χ3v) is 24.8. The minimum Gasteiger partial charge on any atom is -0.394 e.